The van der Waals surface area contributed by atoms with Crippen molar-refractivity contribution in [2.45, 2.75) is 10.6 Å². The standard InChI is InChI=1S/C15H13FO3S/c1-19-12-4-2-3-10(7-12)9-20-14-8-11(15(17)18)5-6-13(14)16/h2-8H,9H2,1H3,(H,17,18). The number of carbonyl (C=O) groups is 1. The van der Waals surface area contributed by atoms with Gasteiger partial charge in [0.25, 0.3) is 0 Å². The third-order valence-electron chi connectivity index (χ3n) is 2.71. The fourth-order valence-corrected chi connectivity index (χ4v) is 2.59. The van der Waals surface area contributed by atoms with Crippen LogP contribution in [0.15, 0.2) is 47.4 Å². The lowest BCUT2D eigenvalue weighted by Gasteiger charge is -2.06. The molecule has 104 valence electrons. The van der Waals surface area contributed by atoms with Gasteiger partial charge in [0, 0.05) is 10.6 Å². The van der Waals surface area contributed by atoms with E-state index in [0.717, 1.165) is 11.3 Å². The minimum atomic E-state index is -1.06. The smallest absolute Gasteiger partial charge is 0.335 e. The van der Waals surface area contributed by atoms with E-state index in [1.54, 1.807) is 7.11 Å². The van der Waals surface area contributed by atoms with Gasteiger partial charge >= 0.3 is 5.97 Å². The van der Waals surface area contributed by atoms with Crippen LogP contribution in [0.5, 0.6) is 5.75 Å². The van der Waals surface area contributed by atoms with Gasteiger partial charge in [-0.2, -0.15) is 0 Å². The quantitative estimate of drug-likeness (QED) is 0.851. The Balaban J connectivity index is 2.13. The van der Waals surface area contributed by atoms with E-state index in [1.807, 2.05) is 24.3 Å². The summed E-state index contributed by atoms with van der Waals surface area (Å²) in [6.45, 7) is 0. The van der Waals surface area contributed by atoms with Crippen LogP contribution in [-0.2, 0) is 5.75 Å². The number of hydrogen-bond acceptors (Lipinski definition) is 3. The highest BCUT2D eigenvalue weighted by Gasteiger charge is 2.09. The fourth-order valence-electron chi connectivity index (χ4n) is 1.67. The molecule has 0 atom stereocenters. The van der Waals surface area contributed by atoms with E-state index in [1.165, 1.54) is 30.0 Å². The van der Waals surface area contributed by atoms with Crippen molar-refractivity contribution in [2.75, 3.05) is 7.11 Å². The molecule has 0 fully saturated rings. The van der Waals surface area contributed by atoms with E-state index in [-0.39, 0.29) is 5.56 Å². The number of thioether (sulfide) groups is 1. The van der Waals surface area contributed by atoms with Gasteiger partial charge in [-0.15, -0.1) is 11.8 Å². The molecule has 5 heteroatoms. The maximum absolute atomic E-state index is 13.6. The summed E-state index contributed by atoms with van der Waals surface area (Å²) in [6, 6.07) is 11.3. The lowest BCUT2D eigenvalue weighted by Crippen LogP contribution is -1.97. The second-order valence-electron chi connectivity index (χ2n) is 4.09. The lowest BCUT2D eigenvalue weighted by atomic mass is 10.2. The van der Waals surface area contributed by atoms with Gasteiger partial charge in [-0.1, -0.05) is 12.1 Å². The second kappa shape index (κ2) is 6.43. The summed E-state index contributed by atoms with van der Waals surface area (Å²) < 4.78 is 18.8. The lowest BCUT2D eigenvalue weighted by molar-refractivity contribution is 0.0696. The van der Waals surface area contributed by atoms with E-state index < -0.39 is 11.8 Å². The molecule has 2 rings (SSSR count). The molecule has 2 aromatic rings. The van der Waals surface area contributed by atoms with Crippen LogP contribution in [-0.4, -0.2) is 18.2 Å². The molecule has 0 aliphatic rings. The first-order chi connectivity index (χ1) is 9.60. The van der Waals surface area contributed by atoms with Crippen LogP contribution in [0.1, 0.15) is 15.9 Å². The molecule has 0 saturated heterocycles. The number of halogens is 1. The molecule has 0 radical (unpaired) electrons. The molecule has 0 bridgehead atoms. The number of benzene rings is 2. The van der Waals surface area contributed by atoms with Crippen molar-refractivity contribution in [3.63, 3.8) is 0 Å². The van der Waals surface area contributed by atoms with Gasteiger partial charge in [-0.3, -0.25) is 0 Å². The first kappa shape index (κ1) is 14.4. The summed E-state index contributed by atoms with van der Waals surface area (Å²) in [5.74, 6) is -0.198. The van der Waals surface area contributed by atoms with E-state index in [9.17, 15) is 9.18 Å². The molecule has 3 nitrogen and oxygen atoms in total. The van der Waals surface area contributed by atoms with Crippen LogP contribution in [0.3, 0.4) is 0 Å². The molecular weight excluding hydrogens is 279 g/mol. The van der Waals surface area contributed by atoms with Crippen molar-refractivity contribution in [3.05, 3.63) is 59.4 Å². The molecule has 1 N–H and O–H groups in total. The SMILES string of the molecule is COc1cccc(CSc2cc(C(=O)O)ccc2F)c1. The summed E-state index contributed by atoms with van der Waals surface area (Å²) in [6.07, 6.45) is 0. The molecule has 0 unspecified atom stereocenters. The predicted octanol–water partition coefficient (Wildman–Crippen LogP) is 3.82. The summed E-state index contributed by atoms with van der Waals surface area (Å²) in [5, 5.41) is 8.91. The summed E-state index contributed by atoms with van der Waals surface area (Å²) in [7, 11) is 1.59. The Morgan fingerprint density at radius 2 is 2.10 bits per heavy atom. The molecule has 0 spiro atoms. The number of carboxylic acids is 1. The second-order valence-corrected chi connectivity index (χ2v) is 5.11. The number of rotatable bonds is 5. The van der Waals surface area contributed by atoms with Crippen molar-refractivity contribution in [1.82, 2.24) is 0 Å². The van der Waals surface area contributed by atoms with E-state index in [2.05, 4.69) is 0 Å². The minimum Gasteiger partial charge on any atom is -0.497 e. The number of methoxy groups -OCH3 is 1. The number of ether oxygens (including phenoxy) is 1. The maximum Gasteiger partial charge on any atom is 0.335 e. The molecule has 0 aromatic heterocycles. The Kier molecular flexibility index (Phi) is 4.63. The zero-order valence-electron chi connectivity index (χ0n) is 10.8. The summed E-state index contributed by atoms with van der Waals surface area (Å²) in [4.78, 5) is 11.2. The van der Waals surface area contributed by atoms with Gasteiger partial charge < -0.3 is 9.84 Å². The monoisotopic (exact) mass is 292 g/mol. The van der Waals surface area contributed by atoms with Crippen LogP contribution in [0.25, 0.3) is 0 Å². The molecule has 0 aliphatic heterocycles. The average Bonchev–Trinajstić information content (AvgIpc) is 2.46. The van der Waals surface area contributed by atoms with Gasteiger partial charge in [0.2, 0.25) is 0 Å². The van der Waals surface area contributed by atoms with Crippen molar-refractivity contribution in [2.24, 2.45) is 0 Å². The van der Waals surface area contributed by atoms with Crippen LogP contribution in [0.4, 0.5) is 4.39 Å². The van der Waals surface area contributed by atoms with Gasteiger partial charge in [0.1, 0.15) is 11.6 Å². The van der Waals surface area contributed by atoms with E-state index in [0.29, 0.717) is 10.6 Å². The number of carboxylic acid groups (broad SMARTS) is 1. The predicted molar refractivity (Wildman–Crippen MR) is 75.9 cm³/mol. The largest absolute Gasteiger partial charge is 0.497 e. The van der Waals surface area contributed by atoms with Crippen LogP contribution in [0, 0.1) is 5.82 Å². The van der Waals surface area contributed by atoms with Gasteiger partial charge in [0.05, 0.1) is 12.7 Å². The van der Waals surface area contributed by atoms with E-state index >= 15 is 0 Å². The molecule has 0 aliphatic carbocycles. The van der Waals surface area contributed by atoms with Crippen molar-refractivity contribution in [3.8, 4) is 5.75 Å². The maximum atomic E-state index is 13.6. The first-order valence-corrected chi connectivity index (χ1v) is 6.87. The fraction of sp³-hybridized carbons (Fsp3) is 0.133. The molecule has 0 heterocycles. The third-order valence-corrected chi connectivity index (χ3v) is 3.81. The zero-order chi connectivity index (χ0) is 14.5. The normalized spacial score (nSPS) is 10.3. The Morgan fingerprint density at radius 1 is 1.30 bits per heavy atom. The number of aromatic carboxylic acids is 1. The Morgan fingerprint density at radius 3 is 2.80 bits per heavy atom. The minimum absolute atomic E-state index is 0.0829. The Bertz CT molecular complexity index is 628. The van der Waals surface area contributed by atoms with Crippen LogP contribution < -0.4 is 4.74 Å². The molecule has 0 saturated carbocycles. The highest BCUT2D eigenvalue weighted by atomic mass is 32.2. The highest BCUT2D eigenvalue weighted by Crippen LogP contribution is 2.27. The van der Waals surface area contributed by atoms with Crippen molar-refractivity contribution < 1.29 is 19.0 Å². The third kappa shape index (κ3) is 3.51. The Labute approximate surface area is 120 Å². The van der Waals surface area contributed by atoms with Gasteiger partial charge in [-0.25, -0.2) is 9.18 Å². The molecule has 0 amide bonds. The molecule has 2 aromatic carbocycles. The first-order valence-electron chi connectivity index (χ1n) is 5.88. The Hall–Kier alpha value is -2.01. The zero-order valence-corrected chi connectivity index (χ0v) is 11.6. The summed E-state index contributed by atoms with van der Waals surface area (Å²) >= 11 is 1.26. The van der Waals surface area contributed by atoms with Crippen LogP contribution in [0.2, 0.25) is 0 Å². The number of hydrogen-bond donors (Lipinski definition) is 1. The topological polar surface area (TPSA) is 46.5 Å². The average molecular weight is 292 g/mol. The summed E-state index contributed by atoms with van der Waals surface area (Å²) in [5.41, 5.74) is 1.06. The van der Waals surface area contributed by atoms with Crippen LogP contribution >= 0.6 is 11.8 Å². The molecule has 20 heavy (non-hydrogen) atoms. The molecular formula is C15H13FO3S. The van der Waals surface area contributed by atoms with E-state index in [4.69, 9.17) is 9.84 Å². The van der Waals surface area contributed by atoms with Gasteiger partial charge in [0.15, 0.2) is 0 Å². The highest BCUT2D eigenvalue weighted by molar-refractivity contribution is 7.98. The van der Waals surface area contributed by atoms with Gasteiger partial charge in [-0.05, 0) is 35.9 Å². The van der Waals surface area contributed by atoms with Crippen molar-refractivity contribution >= 4 is 17.7 Å². The van der Waals surface area contributed by atoms with Crippen molar-refractivity contribution in [1.29, 1.82) is 0 Å².